The minimum absolute atomic E-state index is 0.00368. The maximum atomic E-state index is 13.9. The van der Waals surface area contributed by atoms with E-state index in [0.29, 0.717) is 4.47 Å². The van der Waals surface area contributed by atoms with Crippen molar-refractivity contribution in [2.75, 3.05) is 0 Å². The topological polar surface area (TPSA) is 57.6 Å². The predicted molar refractivity (Wildman–Crippen MR) is 70.0 cm³/mol. The van der Waals surface area contributed by atoms with E-state index in [1.165, 1.54) is 30.0 Å². The number of carboxylic acids is 1. The van der Waals surface area contributed by atoms with Crippen molar-refractivity contribution in [3.63, 3.8) is 0 Å². The molecule has 102 valence electrons. The number of nitrogens with zero attached hydrogens (tertiary/aromatic N) is 1. The van der Waals surface area contributed by atoms with Gasteiger partial charge in [0.05, 0.1) is 0 Å². The minimum atomic E-state index is -1.28. The Balaban J connectivity index is 2.47. The Morgan fingerprint density at radius 2 is 2.11 bits per heavy atom. The lowest BCUT2D eigenvalue weighted by atomic mass is 10.0. The first-order chi connectivity index (χ1) is 8.91. The van der Waals surface area contributed by atoms with E-state index in [1.807, 2.05) is 0 Å². The second-order valence-corrected chi connectivity index (χ2v) is 5.48. The molecule has 1 aliphatic carbocycles. The maximum Gasteiger partial charge on any atom is 0.331 e. The Bertz CT molecular complexity index is 531. The van der Waals surface area contributed by atoms with Crippen molar-refractivity contribution in [3.8, 4) is 0 Å². The van der Waals surface area contributed by atoms with Gasteiger partial charge in [-0.25, -0.2) is 9.18 Å². The third-order valence-corrected chi connectivity index (χ3v) is 3.56. The van der Waals surface area contributed by atoms with Crippen molar-refractivity contribution in [1.82, 2.24) is 4.90 Å². The van der Waals surface area contributed by atoms with Gasteiger partial charge < -0.3 is 10.0 Å². The Hall–Kier alpha value is -1.43. The van der Waals surface area contributed by atoms with Crippen LogP contribution in [0.25, 0.3) is 0 Å². The van der Waals surface area contributed by atoms with E-state index in [-0.39, 0.29) is 17.5 Å². The highest BCUT2D eigenvalue weighted by Gasteiger charge is 2.41. The predicted octanol–water partition coefficient (Wildman–Crippen LogP) is 2.72. The molecule has 0 aromatic heterocycles. The van der Waals surface area contributed by atoms with Crippen molar-refractivity contribution >= 4 is 27.8 Å². The summed E-state index contributed by atoms with van der Waals surface area (Å²) in [4.78, 5) is 24.4. The van der Waals surface area contributed by atoms with Gasteiger partial charge >= 0.3 is 5.97 Å². The first kappa shape index (κ1) is 14.0. The highest BCUT2D eigenvalue weighted by Crippen LogP contribution is 2.36. The molecule has 1 atom stereocenters. The number of benzene rings is 1. The summed E-state index contributed by atoms with van der Waals surface area (Å²) in [7, 11) is 0. The van der Waals surface area contributed by atoms with Crippen LogP contribution in [0.1, 0.15) is 31.4 Å². The number of halogens is 2. The van der Waals surface area contributed by atoms with E-state index >= 15 is 0 Å². The molecule has 0 aliphatic heterocycles. The normalized spacial score (nSPS) is 15.9. The molecule has 0 saturated heterocycles. The largest absolute Gasteiger partial charge is 0.479 e. The SMILES string of the molecule is CC(=O)N(C1CC1)C(C(=O)O)c1cc(Br)ccc1F. The molecule has 0 radical (unpaired) electrons. The summed E-state index contributed by atoms with van der Waals surface area (Å²) in [5.74, 6) is -2.20. The molecule has 1 amide bonds. The summed E-state index contributed by atoms with van der Waals surface area (Å²) in [6.45, 7) is 1.31. The molecular formula is C13H13BrFNO3. The highest BCUT2D eigenvalue weighted by atomic mass is 79.9. The van der Waals surface area contributed by atoms with E-state index in [9.17, 15) is 19.1 Å². The fourth-order valence-electron chi connectivity index (χ4n) is 2.13. The minimum Gasteiger partial charge on any atom is -0.479 e. The van der Waals surface area contributed by atoms with Crippen LogP contribution < -0.4 is 0 Å². The van der Waals surface area contributed by atoms with E-state index in [4.69, 9.17) is 0 Å². The molecule has 1 aliphatic rings. The third kappa shape index (κ3) is 2.94. The summed E-state index contributed by atoms with van der Waals surface area (Å²) >= 11 is 3.19. The van der Waals surface area contributed by atoms with Crippen LogP contribution in [0, 0.1) is 5.82 Å². The molecule has 1 aromatic carbocycles. The van der Waals surface area contributed by atoms with Gasteiger partial charge in [-0.05, 0) is 31.0 Å². The number of rotatable bonds is 4. The lowest BCUT2D eigenvalue weighted by Crippen LogP contribution is -2.39. The Labute approximate surface area is 118 Å². The fourth-order valence-corrected chi connectivity index (χ4v) is 2.51. The van der Waals surface area contributed by atoms with Gasteiger partial charge in [-0.1, -0.05) is 15.9 Å². The van der Waals surface area contributed by atoms with Crippen molar-refractivity contribution in [2.45, 2.75) is 31.8 Å². The molecule has 1 unspecified atom stereocenters. The van der Waals surface area contributed by atoms with Gasteiger partial charge in [-0.3, -0.25) is 4.79 Å². The number of amides is 1. The van der Waals surface area contributed by atoms with Gasteiger partial charge in [0.25, 0.3) is 0 Å². The molecule has 6 heteroatoms. The fraction of sp³-hybridized carbons (Fsp3) is 0.385. The van der Waals surface area contributed by atoms with Crippen LogP contribution >= 0.6 is 15.9 Å². The number of hydrogen-bond donors (Lipinski definition) is 1. The zero-order valence-electron chi connectivity index (χ0n) is 10.3. The molecule has 1 saturated carbocycles. The number of aliphatic carboxylic acids is 1. The number of carbonyl (C=O) groups is 2. The maximum absolute atomic E-state index is 13.9. The van der Waals surface area contributed by atoms with Crippen molar-refractivity contribution in [1.29, 1.82) is 0 Å². The molecule has 0 bridgehead atoms. The van der Waals surface area contributed by atoms with E-state index in [0.717, 1.165) is 12.8 Å². The smallest absolute Gasteiger partial charge is 0.331 e. The Morgan fingerprint density at radius 1 is 1.47 bits per heavy atom. The zero-order valence-corrected chi connectivity index (χ0v) is 11.9. The van der Waals surface area contributed by atoms with Gasteiger partial charge in [0.15, 0.2) is 6.04 Å². The first-order valence-corrected chi connectivity index (χ1v) is 6.67. The van der Waals surface area contributed by atoms with E-state index in [1.54, 1.807) is 0 Å². The number of carbonyl (C=O) groups excluding carboxylic acids is 1. The standard InChI is InChI=1S/C13H13BrFNO3/c1-7(17)16(9-3-4-9)12(13(18)19)10-6-8(14)2-5-11(10)15/h2,5-6,9,12H,3-4H2,1H3,(H,18,19). The van der Waals surface area contributed by atoms with Gasteiger partial charge in [0.1, 0.15) is 5.82 Å². The van der Waals surface area contributed by atoms with Crippen molar-refractivity contribution in [2.24, 2.45) is 0 Å². The van der Waals surface area contributed by atoms with Crippen LogP contribution in [0.4, 0.5) is 4.39 Å². The molecule has 1 fully saturated rings. The van der Waals surface area contributed by atoms with E-state index in [2.05, 4.69) is 15.9 Å². The monoisotopic (exact) mass is 329 g/mol. The summed E-state index contributed by atoms with van der Waals surface area (Å²) < 4.78 is 14.4. The molecule has 1 aromatic rings. The van der Waals surface area contributed by atoms with Crippen LogP contribution in [0.15, 0.2) is 22.7 Å². The molecule has 1 N–H and O–H groups in total. The van der Waals surface area contributed by atoms with Crippen LogP contribution in [0.2, 0.25) is 0 Å². The molecule has 0 heterocycles. The summed E-state index contributed by atoms with van der Waals surface area (Å²) in [6.07, 6.45) is 1.53. The van der Waals surface area contributed by atoms with Crippen LogP contribution in [-0.4, -0.2) is 27.9 Å². The lowest BCUT2D eigenvalue weighted by Gasteiger charge is -2.28. The van der Waals surface area contributed by atoms with Crippen LogP contribution in [-0.2, 0) is 9.59 Å². The molecule has 0 spiro atoms. The van der Waals surface area contributed by atoms with Gasteiger partial charge in [0.2, 0.25) is 5.91 Å². The number of hydrogen-bond acceptors (Lipinski definition) is 2. The summed E-state index contributed by atoms with van der Waals surface area (Å²) in [6, 6.07) is 2.72. The van der Waals surface area contributed by atoms with Gasteiger partial charge in [-0.15, -0.1) is 0 Å². The lowest BCUT2D eigenvalue weighted by molar-refractivity contribution is -0.150. The van der Waals surface area contributed by atoms with Gasteiger partial charge in [-0.2, -0.15) is 0 Å². The molecular weight excluding hydrogens is 317 g/mol. The van der Waals surface area contributed by atoms with Gasteiger partial charge in [0, 0.05) is 23.0 Å². The van der Waals surface area contributed by atoms with Crippen LogP contribution in [0.3, 0.4) is 0 Å². The molecule has 2 rings (SSSR count). The third-order valence-electron chi connectivity index (χ3n) is 3.07. The highest BCUT2D eigenvalue weighted by molar-refractivity contribution is 9.10. The average Bonchev–Trinajstić information content (AvgIpc) is 3.12. The first-order valence-electron chi connectivity index (χ1n) is 5.88. The zero-order chi connectivity index (χ0) is 14.2. The van der Waals surface area contributed by atoms with E-state index < -0.39 is 17.8 Å². The second-order valence-electron chi connectivity index (χ2n) is 4.56. The quantitative estimate of drug-likeness (QED) is 0.923. The Kier molecular flexibility index (Phi) is 3.89. The Morgan fingerprint density at radius 3 is 2.58 bits per heavy atom. The number of carboxylic acid groups (broad SMARTS) is 1. The molecule has 19 heavy (non-hydrogen) atoms. The van der Waals surface area contributed by atoms with Crippen molar-refractivity contribution < 1.29 is 19.1 Å². The van der Waals surface area contributed by atoms with Crippen molar-refractivity contribution in [3.05, 3.63) is 34.1 Å². The summed E-state index contributed by atoms with van der Waals surface area (Å²) in [5.41, 5.74) is 0.00368. The second kappa shape index (κ2) is 5.28. The average molecular weight is 330 g/mol. The molecule has 4 nitrogen and oxygen atoms in total. The van der Waals surface area contributed by atoms with Crippen LogP contribution in [0.5, 0.6) is 0 Å². The summed E-state index contributed by atoms with van der Waals surface area (Å²) in [5, 5.41) is 9.36.